The molecule has 1 fully saturated rings. The molecule has 1 heterocycles. The Hall–Kier alpha value is -0.150. The van der Waals surface area contributed by atoms with E-state index < -0.39 is 22.4 Å². The Morgan fingerprint density at radius 2 is 2.14 bits per heavy atom. The van der Waals surface area contributed by atoms with Gasteiger partial charge in [0, 0.05) is 33.6 Å². The molecule has 0 aromatic heterocycles. The van der Waals surface area contributed by atoms with Crippen LogP contribution in [0, 0.1) is 5.82 Å². The molecule has 1 aliphatic heterocycles. The highest BCUT2D eigenvalue weighted by Crippen LogP contribution is 2.32. The summed E-state index contributed by atoms with van der Waals surface area (Å²) < 4.78 is 41.6. The second-order valence-electron chi connectivity index (χ2n) is 4.97. The normalized spacial score (nSPS) is 24.2. The van der Waals surface area contributed by atoms with Gasteiger partial charge in [-0.05, 0) is 19.1 Å². The summed E-state index contributed by atoms with van der Waals surface area (Å²) in [6.45, 7) is 3.61. The van der Waals surface area contributed by atoms with Gasteiger partial charge in [-0.2, -0.15) is 16.1 Å². The number of hydrogen-bond acceptors (Lipinski definition) is 4. The van der Waals surface area contributed by atoms with Crippen molar-refractivity contribution in [2.75, 3.05) is 12.3 Å². The number of rotatable bonds is 3. The van der Waals surface area contributed by atoms with Gasteiger partial charge in [-0.15, -0.1) is 0 Å². The Kier molecular flexibility index (Phi) is 5.36. The molecule has 0 bridgehead atoms. The number of aliphatic hydroxyl groups excluding tert-OH is 1. The third-order valence-electron chi connectivity index (χ3n) is 3.66. The molecule has 1 aliphatic rings. The first kappa shape index (κ1) is 17.2. The van der Waals surface area contributed by atoms with Gasteiger partial charge in [0.25, 0.3) is 0 Å². The first-order chi connectivity index (χ1) is 9.78. The van der Waals surface area contributed by atoms with E-state index in [4.69, 9.17) is 5.11 Å². The minimum absolute atomic E-state index is 0.0324. The highest BCUT2D eigenvalue weighted by atomic mass is 79.9. The molecule has 0 saturated carbocycles. The second-order valence-corrected chi connectivity index (χ2v) is 9.23. The fourth-order valence-electron chi connectivity index (χ4n) is 2.29. The summed E-state index contributed by atoms with van der Waals surface area (Å²) in [5.74, 6) is -0.188. The topological polar surface area (TPSA) is 57.6 Å². The summed E-state index contributed by atoms with van der Waals surface area (Å²) >= 11 is 4.87. The molecule has 0 aliphatic carbocycles. The van der Waals surface area contributed by atoms with Crippen LogP contribution in [0.1, 0.15) is 19.4 Å². The van der Waals surface area contributed by atoms with Crippen molar-refractivity contribution < 1.29 is 17.9 Å². The van der Waals surface area contributed by atoms with Crippen molar-refractivity contribution in [2.45, 2.75) is 36.6 Å². The van der Waals surface area contributed by atoms with Crippen molar-refractivity contribution in [2.24, 2.45) is 0 Å². The van der Waals surface area contributed by atoms with Crippen molar-refractivity contribution >= 4 is 37.7 Å². The maximum absolute atomic E-state index is 14.3. The van der Waals surface area contributed by atoms with Crippen LogP contribution < -0.4 is 0 Å². The molecule has 0 amide bonds. The van der Waals surface area contributed by atoms with Crippen LogP contribution >= 0.6 is 27.7 Å². The Morgan fingerprint density at radius 1 is 1.48 bits per heavy atom. The zero-order valence-electron chi connectivity index (χ0n) is 11.7. The lowest BCUT2D eigenvalue weighted by molar-refractivity contribution is 0.274. The SMILES string of the molecule is CC1SCCN(S(=O)(=O)c2cc(Br)cc(CO)c2F)C1C. The first-order valence-corrected chi connectivity index (χ1v) is 9.79. The van der Waals surface area contributed by atoms with Crippen LogP contribution in [0.15, 0.2) is 21.5 Å². The Balaban J connectivity index is 2.51. The molecule has 2 atom stereocenters. The van der Waals surface area contributed by atoms with Crippen molar-refractivity contribution in [3.05, 3.63) is 28.0 Å². The van der Waals surface area contributed by atoms with Gasteiger partial charge < -0.3 is 5.11 Å². The molecule has 1 aromatic carbocycles. The molecule has 4 nitrogen and oxygen atoms in total. The fourth-order valence-corrected chi connectivity index (χ4v) is 6.08. The van der Waals surface area contributed by atoms with Gasteiger partial charge in [-0.1, -0.05) is 22.9 Å². The molecule has 118 valence electrons. The van der Waals surface area contributed by atoms with E-state index in [0.29, 0.717) is 16.8 Å². The van der Waals surface area contributed by atoms with Crippen LogP contribution in [0.2, 0.25) is 0 Å². The van der Waals surface area contributed by atoms with E-state index in [0.717, 1.165) is 0 Å². The highest BCUT2D eigenvalue weighted by molar-refractivity contribution is 9.10. The Bertz CT molecular complexity index is 639. The van der Waals surface area contributed by atoms with Gasteiger partial charge in [-0.3, -0.25) is 0 Å². The monoisotopic (exact) mass is 397 g/mol. The third-order valence-corrected chi connectivity index (χ3v) is 7.44. The molecule has 2 rings (SSSR count). The smallest absolute Gasteiger partial charge is 0.246 e. The lowest BCUT2D eigenvalue weighted by atomic mass is 10.2. The van der Waals surface area contributed by atoms with E-state index in [9.17, 15) is 12.8 Å². The van der Waals surface area contributed by atoms with Gasteiger partial charge in [-0.25, -0.2) is 12.8 Å². The minimum Gasteiger partial charge on any atom is -0.392 e. The van der Waals surface area contributed by atoms with Crippen molar-refractivity contribution in [3.63, 3.8) is 0 Å². The number of hydrogen-bond donors (Lipinski definition) is 1. The molecule has 1 saturated heterocycles. The predicted octanol–water partition coefficient (Wildman–Crippen LogP) is 2.60. The van der Waals surface area contributed by atoms with Crippen LogP contribution in [-0.4, -0.2) is 41.4 Å². The van der Waals surface area contributed by atoms with E-state index in [2.05, 4.69) is 15.9 Å². The summed E-state index contributed by atoms with van der Waals surface area (Å²) in [5.41, 5.74) is -0.0324. The third kappa shape index (κ3) is 3.29. The maximum Gasteiger partial charge on any atom is 0.246 e. The highest BCUT2D eigenvalue weighted by Gasteiger charge is 2.37. The molecule has 21 heavy (non-hydrogen) atoms. The second kappa shape index (κ2) is 6.54. The van der Waals surface area contributed by atoms with Crippen molar-refractivity contribution in [3.8, 4) is 0 Å². The zero-order valence-corrected chi connectivity index (χ0v) is 14.9. The van der Waals surface area contributed by atoms with E-state index in [-0.39, 0.29) is 21.8 Å². The van der Waals surface area contributed by atoms with Crippen LogP contribution in [0.3, 0.4) is 0 Å². The van der Waals surface area contributed by atoms with E-state index in [1.807, 2.05) is 13.8 Å². The van der Waals surface area contributed by atoms with Gasteiger partial charge in [0.1, 0.15) is 10.7 Å². The quantitative estimate of drug-likeness (QED) is 0.851. The van der Waals surface area contributed by atoms with Crippen LogP contribution in [-0.2, 0) is 16.6 Å². The molecule has 2 unspecified atom stereocenters. The summed E-state index contributed by atoms with van der Waals surface area (Å²) in [6, 6.07) is 2.43. The lowest BCUT2D eigenvalue weighted by Crippen LogP contribution is -2.48. The van der Waals surface area contributed by atoms with Gasteiger partial charge >= 0.3 is 0 Å². The molecule has 1 N–H and O–H groups in total. The predicted molar refractivity (Wildman–Crippen MR) is 85.3 cm³/mol. The molecular formula is C13H17BrFNO3S2. The number of sulfonamides is 1. The Labute approximate surface area is 136 Å². The molecule has 8 heteroatoms. The standard InChI is InChI=1S/C13H17BrFNO3S2/c1-8-9(2)20-4-3-16(8)21(18,19)12-6-11(14)5-10(7-17)13(12)15/h5-6,8-9,17H,3-4,7H2,1-2H3. The van der Waals surface area contributed by atoms with E-state index in [1.165, 1.54) is 16.4 Å². The maximum atomic E-state index is 14.3. The molecule has 0 spiro atoms. The van der Waals surface area contributed by atoms with Crippen molar-refractivity contribution in [1.29, 1.82) is 0 Å². The first-order valence-electron chi connectivity index (χ1n) is 6.51. The van der Waals surface area contributed by atoms with Crippen molar-refractivity contribution in [1.82, 2.24) is 4.31 Å². The zero-order chi connectivity index (χ0) is 15.8. The summed E-state index contributed by atoms with van der Waals surface area (Å²) in [4.78, 5) is -0.383. The molecule has 0 radical (unpaired) electrons. The summed E-state index contributed by atoms with van der Waals surface area (Å²) in [5, 5.41) is 9.32. The average Bonchev–Trinajstić information content (AvgIpc) is 2.43. The average molecular weight is 398 g/mol. The number of nitrogens with zero attached hydrogens (tertiary/aromatic N) is 1. The van der Waals surface area contributed by atoms with E-state index in [1.54, 1.807) is 11.8 Å². The van der Waals surface area contributed by atoms with E-state index >= 15 is 0 Å². The lowest BCUT2D eigenvalue weighted by Gasteiger charge is -2.36. The number of halogens is 2. The summed E-state index contributed by atoms with van der Waals surface area (Å²) in [7, 11) is -3.93. The number of thioether (sulfide) groups is 1. The van der Waals surface area contributed by atoms with Gasteiger partial charge in [0.2, 0.25) is 10.0 Å². The molecule has 1 aromatic rings. The molecular weight excluding hydrogens is 381 g/mol. The number of benzene rings is 1. The minimum atomic E-state index is -3.93. The number of aliphatic hydroxyl groups is 1. The fraction of sp³-hybridized carbons (Fsp3) is 0.538. The van der Waals surface area contributed by atoms with Gasteiger partial charge in [0.15, 0.2) is 0 Å². The van der Waals surface area contributed by atoms with Crippen LogP contribution in [0.5, 0.6) is 0 Å². The Morgan fingerprint density at radius 3 is 2.76 bits per heavy atom. The van der Waals surface area contributed by atoms with Gasteiger partial charge in [0.05, 0.1) is 6.61 Å². The van der Waals surface area contributed by atoms with Crippen LogP contribution in [0.4, 0.5) is 4.39 Å². The van der Waals surface area contributed by atoms with Crippen LogP contribution in [0.25, 0.3) is 0 Å². The summed E-state index contributed by atoms with van der Waals surface area (Å²) in [6.07, 6.45) is 0. The largest absolute Gasteiger partial charge is 0.392 e.